The lowest BCUT2D eigenvalue weighted by molar-refractivity contribution is -0.123. The summed E-state index contributed by atoms with van der Waals surface area (Å²) in [5.74, 6) is 0.937. The number of aromatic hydroxyl groups is 1. The van der Waals surface area contributed by atoms with Crippen LogP contribution in [0.1, 0.15) is 60.5 Å². The largest absolute Gasteiger partial charge is 0.492 e. The van der Waals surface area contributed by atoms with Gasteiger partial charge in [-0.05, 0) is 49.9 Å². The summed E-state index contributed by atoms with van der Waals surface area (Å²) in [5.41, 5.74) is 7.91. The molecule has 3 N–H and O–H groups in total. The Morgan fingerprint density at radius 2 is 1.83 bits per heavy atom. The second-order valence-corrected chi connectivity index (χ2v) is 9.09. The van der Waals surface area contributed by atoms with Crippen LogP contribution in [0, 0.1) is 12.8 Å². The van der Waals surface area contributed by atoms with Crippen LogP contribution < -0.4 is 5.73 Å². The summed E-state index contributed by atoms with van der Waals surface area (Å²) in [6.45, 7) is 7.66. The van der Waals surface area contributed by atoms with Crippen molar-refractivity contribution < 1.29 is 9.90 Å². The fourth-order valence-electron chi connectivity index (χ4n) is 4.06. The van der Waals surface area contributed by atoms with Gasteiger partial charge in [0.05, 0.1) is 10.9 Å². The van der Waals surface area contributed by atoms with Crippen molar-refractivity contribution in [3.63, 3.8) is 0 Å². The zero-order valence-electron chi connectivity index (χ0n) is 17.0. The molecule has 1 atom stereocenters. The van der Waals surface area contributed by atoms with Gasteiger partial charge in [-0.2, -0.15) is 4.52 Å². The van der Waals surface area contributed by atoms with Crippen LogP contribution in [0.3, 0.4) is 0 Å². The number of aromatic nitrogens is 3. The third-order valence-electron chi connectivity index (χ3n) is 5.77. The SMILES string of the molecule is Cc1nc2sc(C(c3ccc(C(C)C)cc3)N3CCC(C(N)=O)CC3)c(O)n2n1. The molecule has 154 valence electrons. The highest BCUT2D eigenvalue weighted by atomic mass is 32.1. The minimum atomic E-state index is -0.223. The summed E-state index contributed by atoms with van der Waals surface area (Å²) < 4.78 is 1.51. The van der Waals surface area contributed by atoms with Crippen molar-refractivity contribution in [1.82, 2.24) is 19.5 Å². The molecule has 0 aliphatic carbocycles. The van der Waals surface area contributed by atoms with E-state index >= 15 is 0 Å². The van der Waals surface area contributed by atoms with Crippen molar-refractivity contribution in [3.8, 4) is 5.88 Å². The van der Waals surface area contributed by atoms with Crippen LogP contribution >= 0.6 is 11.3 Å². The second-order valence-electron chi connectivity index (χ2n) is 8.08. The molecule has 7 nitrogen and oxygen atoms in total. The minimum Gasteiger partial charge on any atom is -0.492 e. The van der Waals surface area contributed by atoms with Gasteiger partial charge in [0.15, 0.2) is 0 Å². The third kappa shape index (κ3) is 3.74. The maximum atomic E-state index is 11.6. The number of hydrogen-bond acceptors (Lipinski definition) is 6. The molecule has 0 bridgehead atoms. The number of likely N-dealkylation sites (tertiary alicyclic amines) is 1. The molecular weight excluding hydrogens is 386 g/mol. The summed E-state index contributed by atoms with van der Waals surface area (Å²) >= 11 is 1.46. The molecular formula is C21H27N5O2S. The molecule has 0 spiro atoms. The molecule has 0 saturated carbocycles. The predicted molar refractivity (Wildman–Crippen MR) is 113 cm³/mol. The zero-order valence-corrected chi connectivity index (χ0v) is 17.8. The van der Waals surface area contributed by atoms with Crippen molar-refractivity contribution in [2.75, 3.05) is 13.1 Å². The first-order valence-electron chi connectivity index (χ1n) is 10.0. The number of piperidine rings is 1. The Balaban J connectivity index is 1.73. The van der Waals surface area contributed by atoms with E-state index in [1.54, 1.807) is 0 Å². The van der Waals surface area contributed by atoms with E-state index in [0.29, 0.717) is 16.7 Å². The van der Waals surface area contributed by atoms with Crippen LogP contribution in [0.4, 0.5) is 0 Å². The Kier molecular flexibility index (Phi) is 5.31. The number of hydrogen-bond donors (Lipinski definition) is 2. The molecule has 8 heteroatoms. The lowest BCUT2D eigenvalue weighted by Gasteiger charge is -2.36. The van der Waals surface area contributed by atoms with E-state index in [1.165, 1.54) is 21.4 Å². The summed E-state index contributed by atoms with van der Waals surface area (Å²) in [5, 5.41) is 15.2. The van der Waals surface area contributed by atoms with Crippen molar-refractivity contribution >= 4 is 22.2 Å². The number of nitrogens with two attached hydrogens (primary N) is 1. The zero-order chi connectivity index (χ0) is 20.7. The van der Waals surface area contributed by atoms with E-state index in [0.717, 1.165) is 36.4 Å². The predicted octanol–water partition coefficient (Wildman–Crippen LogP) is 3.21. The van der Waals surface area contributed by atoms with Crippen LogP contribution in [-0.4, -0.2) is 43.6 Å². The smallest absolute Gasteiger partial charge is 0.230 e. The fraction of sp³-hybridized carbons (Fsp3) is 0.476. The molecule has 29 heavy (non-hydrogen) atoms. The molecule has 3 aromatic rings. The first kappa shape index (κ1) is 19.8. The Morgan fingerprint density at radius 1 is 1.21 bits per heavy atom. The highest BCUT2D eigenvalue weighted by molar-refractivity contribution is 7.17. The van der Waals surface area contributed by atoms with Crippen molar-refractivity contribution in [2.24, 2.45) is 11.7 Å². The number of benzene rings is 1. The van der Waals surface area contributed by atoms with E-state index in [9.17, 15) is 9.90 Å². The third-order valence-corrected chi connectivity index (χ3v) is 6.84. The van der Waals surface area contributed by atoms with Crippen LogP contribution in [-0.2, 0) is 4.79 Å². The molecule has 1 aromatic carbocycles. The molecule has 0 radical (unpaired) electrons. The maximum Gasteiger partial charge on any atom is 0.230 e. The Labute approximate surface area is 174 Å². The lowest BCUT2D eigenvalue weighted by Crippen LogP contribution is -2.40. The summed E-state index contributed by atoms with van der Waals surface area (Å²) in [7, 11) is 0. The Hall–Kier alpha value is -2.45. The van der Waals surface area contributed by atoms with Gasteiger partial charge < -0.3 is 10.8 Å². The van der Waals surface area contributed by atoms with Crippen LogP contribution in [0.15, 0.2) is 24.3 Å². The van der Waals surface area contributed by atoms with Gasteiger partial charge in [0.25, 0.3) is 0 Å². The molecule has 1 unspecified atom stereocenters. The molecule has 1 saturated heterocycles. The molecule has 3 heterocycles. The number of nitrogens with zero attached hydrogens (tertiary/aromatic N) is 4. The minimum absolute atomic E-state index is 0.0752. The normalized spacial score (nSPS) is 17.2. The monoisotopic (exact) mass is 413 g/mol. The van der Waals surface area contributed by atoms with Crippen molar-refractivity contribution in [3.05, 3.63) is 46.1 Å². The van der Waals surface area contributed by atoms with Gasteiger partial charge in [0.2, 0.25) is 16.7 Å². The first-order valence-corrected chi connectivity index (χ1v) is 10.8. The number of rotatable bonds is 5. The summed E-state index contributed by atoms with van der Waals surface area (Å²) in [6.07, 6.45) is 1.47. The quantitative estimate of drug-likeness (QED) is 0.669. The topological polar surface area (TPSA) is 96.8 Å². The Morgan fingerprint density at radius 3 is 2.38 bits per heavy atom. The van der Waals surface area contributed by atoms with Crippen LogP contribution in [0.5, 0.6) is 5.88 Å². The number of carbonyl (C=O) groups excluding carboxylic acids is 1. The number of carbonyl (C=O) groups is 1. The number of primary amides is 1. The highest BCUT2D eigenvalue weighted by Crippen LogP contribution is 2.41. The van der Waals surface area contributed by atoms with Gasteiger partial charge >= 0.3 is 0 Å². The highest BCUT2D eigenvalue weighted by Gasteiger charge is 2.33. The van der Waals surface area contributed by atoms with Crippen molar-refractivity contribution in [1.29, 1.82) is 0 Å². The fourth-order valence-corrected chi connectivity index (χ4v) is 5.22. The van der Waals surface area contributed by atoms with E-state index in [2.05, 4.69) is 53.1 Å². The summed E-state index contributed by atoms with van der Waals surface area (Å²) in [4.78, 5) is 19.8. The number of amides is 1. The molecule has 4 rings (SSSR count). The van der Waals surface area contributed by atoms with E-state index in [4.69, 9.17) is 5.73 Å². The second kappa shape index (κ2) is 7.76. The first-order chi connectivity index (χ1) is 13.8. The van der Waals surface area contributed by atoms with Crippen LogP contribution in [0.25, 0.3) is 4.96 Å². The standard InChI is InChI=1S/C21H27N5O2S/c1-12(2)14-4-6-15(7-5-14)17(25-10-8-16(9-11-25)19(22)27)18-20(28)26-21(29-18)23-13(3)24-26/h4-7,12,16-17,28H,8-11H2,1-3H3,(H2,22,27). The van der Waals surface area contributed by atoms with Gasteiger partial charge in [-0.1, -0.05) is 49.4 Å². The lowest BCUT2D eigenvalue weighted by atomic mass is 9.92. The van der Waals surface area contributed by atoms with Gasteiger partial charge in [-0.15, -0.1) is 5.10 Å². The maximum absolute atomic E-state index is 11.6. The van der Waals surface area contributed by atoms with E-state index in [1.807, 2.05) is 6.92 Å². The molecule has 1 aliphatic heterocycles. The average molecular weight is 414 g/mol. The van der Waals surface area contributed by atoms with Gasteiger partial charge in [0, 0.05) is 5.92 Å². The van der Waals surface area contributed by atoms with Gasteiger partial charge in [0.1, 0.15) is 5.82 Å². The van der Waals surface area contributed by atoms with Gasteiger partial charge in [-0.25, -0.2) is 4.98 Å². The number of thiazole rings is 1. The molecule has 1 aliphatic rings. The average Bonchev–Trinajstić information content (AvgIpc) is 3.20. The van der Waals surface area contributed by atoms with E-state index in [-0.39, 0.29) is 23.7 Å². The summed E-state index contributed by atoms with van der Waals surface area (Å²) in [6, 6.07) is 8.48. The number of fused-ring (bicyclic) bond motifs is 1. The van der Waals surface area contributed by atoms with Crippen molar-refractivity contribution in [2.45, 2.75) is 45.6 Å². The van der Waals surface area contributed by atoms with Gasteiger partial charge in [-0.3, -0.25) is 9.69 Å². The molecule has 1 amide bonds. The Bertz CT molecular complexity index is 1020. The van der Waals surface area contributed by atoms with Crippen LogP contribution in [0.2, 0.25) is 0 Å². The van der Waals surface area contributed by atoms with E-state index < -0.39 is 0 Å². The molecule has 2 aromatic heterocycles. The molecule has 1 fully saturated rings. The number of aryl methyl sites for hydroxylation is 1.